The molecule has 5 heteroatoms. The first-order valence-corrected chi connectivity index (χ1v) is 8.59. The number of rotatable bonds is 6. The molecule has 1 aliphatic carbocycles. The first kappa shape index (κ1) is 16.6. The number of aryl methyl sites for hydroxylation is 1. The van der Waals surface area contributed by atoms with Crippen molar-refractivity contribution in [3.8, 4) is 0 Å². The van der Waals surface area contributed by atoms with E-state index in [4.69, 9.17) is 0 Å². The lowest BCUT2D eigenvalue weighted by atomic mass is 9.96. The van der Waals surface area contributed by atoms with Gasteiger partial charge in [0, 0.05) is 29.3 Å². The molecule has 0 radical (unpaired) electrons. The lowest BCUT2D eigenvalue weighted by molar-refractivity contribution is 0.0891. The number of carbonyl (C=O) groups excluding carboxylic acids is 1. The summed E-state index contributed by atoms with van der Waals surface area (Å²) in [6.45, 7) is 3.72. The van der Waals surface area contributed by atoms with Crippen LogP contribution in [0.15, 0.2) is 16.7 Å². The predicted molar refractivity (Wildman–Crippen MR) is 89.6 cm³/mol. The molecule has 0 aliphatic heterocycles. The van der Waals surface area contributed by atoms with Gasteiger partial charge in [-0.25, -0.2) is 0 Å². The fourth-order valence-electron chi connectivity index (χ4n) is 3.24. The number of halogens is 1. The smallest absolute Gasteiger partial charge is 0.268 e. The number of aromatic nitrogens is 1. The molecule has 2 rings (SSSR count). The highest BCUT2D eigenvalue weighted by Crippen LogP contribution is 2.33. The van der Waals surface area contributed by atoms with Crippen molar-refractivity contribution in [2.24, 2.45) is 0 Å². The van der Waals surface area contributed by atoms with Crippen molar-refractivity contribution in [2.45, 2.75) is 51.1 Å². The van der Waals surface area contributed by atoms with Crippen LogP contribution < -0.4 is 5.32 Å². The Morgan fingerprint density at radius 1 is 1.43 bits per heavy atom. The summed E-state index contributed by atoms with van der Waals surface area (Å²) >= 11 is 3.46. The maximum atomic E-state index is 12.5. The van der Waals surface area contributed by atoms with E-state index in [2.05, 4.69) is 47.2 Å². The minimum atomic E-state index is 0.0299. The van der Waals surface area contributed by atoms with Gasteiger partial charge < -0.3 is 14.8 Å². The largest absolute Gasteiger partial charge is 0.349 e. The molecule has 0 spiro atoms. The Kier molecular flexibility index (Phi) is 5.49. The van der Waals surface area contributed by atoms with Crippen LogP contribution in [0.4, 0.5) is 0 Å². The highest BCUT2D eigenvalue weighted by molar-refractivity contribution is 9.10. The van der Waals surface area contributed by atoms with Gasteiger partial charge in [0.15, 0.2) is 0 Å². The third kappa shape index (κ3) is 3.69. The Bertz CT molecular complexity index is 490. The van der Waals surface area contributed by atoms with Crippen LogP contribution in [-0.4, -0.2) is 41.6 Å². The normalized spacial score (nSPS) is 17.4. The van der Waals surface area contributed by atoms with Gasteiger partial charge in [-0.1, -0.05) is 19.8 Å². The lowest BCUT2D eigenvalue weighted by Gasteiger charge is -2.36. The topological polar surface area (TPSA) is 37.3 Å². The maximum absolute atomic E-state index is 12.5. The summed E-state index contributed by atoms with van der Waals surface area (Å²) in [7, 11) is 4.24. The molecule has 0 atom stereocenters. The fraction of sp³-hybridized carbons (Fsp3) is 0.688. The third-order valence-electron chi connectivity index (χ3n) is 4.62. The van der Waals surface area contributed by atoms with Crippen LogP contribution in [0.2, 0.25) is 0 Å². The van der Waals surface area contributed by atoms with Gasteiger partial charge in [-0.2, -0.15) is 0 Å². The van der Waals surface area contributed by atoms with E-state index in [1.54, 1.807) is 0 Å². The van der Waals surface area contributed by atoms with E-state index in [1.807, 2.05) is 16.8 Å². The first-order valence-electron chi connectivity index (χ1n) is 7.80. The molecule has 0 bridgehead atoms. The Morgan fingerprint density at radius 3 is 2.67 bits per heavy atom. The van der Waals surface area contributed by atoms with Gasteiger partial charge in [-0.15, -0.1) is 0 Å². The van der Waals surface area contributed by atoms with Crippen LogP contribution in [0.5, 0.6) is 0 Å². The number of likely N-dealkylation sites (N-methyl/N-ethyl adjacent to an activating group) is 1. The number of nitrogens with zero attached hydrogens (tertiary/aromatic N) is 2. The van der Waals surface area contributed by atoms with Gasteiger partial charge in [-0.05, 0) is 55.4 Å². The number of carbonyl (C=O) groups is 1. The summed E-state index contributed by atoms with van der Waals surface area (Å²) in [5.74, 6) is 0.0299. The van der Waals surface area contributed by atoms with Gasteiger partial charge in [0.2, 0.25) is 0 Å². The average Bonchev–Trinajstić information content (AvgIpc) is 3.04. The molecule has 1 amide bonds. The molecule has 1 heterocycles. The SMILES string of the molecule is CCCn1cc(Br)cc1C(=O)NCC1(N(C)C)CCCC1. The summed E-state index contributed by atoms with van der Waals surface area (Å²) in [5, 5.41) is 3.15. The number of amides is 1. The fourth-order valence-corrected chi connectivity index (χ4v) is 3.71. The highest BCUT2D eigenvalue weighted by atomic mass is 79.9. The molecule has 4 nitrogen and oxygen atoms in total. The second kappa shape index (κ2) is 6.97. The third-order valence-corrected chi connectivity index (χ3v) is 5.05. The monoisotopic (exact) mass is 355 g/mol. The molecular weight excluding hydrogens is 330 g/mol. The summed E-state index contributed by atoms with van der Waals surface area (Å²) < 4.78 is 2.99. The van der Waals surface area contributed by atoms with Crippen molar-refractivity contribution in [1.82, 2.24) is 14.8 Å². The van der Waals surface area contributed by atoms with E-state index in [0.717, 1.165) is 29.7 Å². The minimum absolute atomic E-state index is 0.0299. The zero-order valence-electron chi connectivity index (χ0n) is 13.3. The molecule has 1 aliphatic rings. The number of hydrogen-bond acceptors (Lipinski definition) is 2. The van der Waals surface area contributed by atoms with Crippen molar-refractivity contribution in [1.29, 1.82) is 0 Å². The zero-order valence-corrected chi connectivity index (χ0v) is 14.9. The average molecular weight is 356 g/mol. The van der Waals surface area contributed by atoms with E-state index >= 15 is 0 Å². The summed E-state index contributed by atoms with van der Waals surface area (Å²) in [6.07, 6.45) is 7.84. The van der Waals surface area contributed by atoms with Crippen LogP contribution in [0, 0.1) is 0 Å². The van der Waals surface area contributed by atoms with Crippen LogP contribution in [0.25, 0.3) is 0 Å². The van der Waals surface area contributed by atoms with Crippen molar-refractivity contribution >= 4 is 21.8 Å². The minimum Gasteiger partial charge on any atom is -0.349 e. The highest BCUT2D eigenvalue weighted by Gasteiger charge is 2.36. The Morgan fingerprint density at radius 2 is 2.10 bits per heavy atom. The first-order chi connectivity index (χ1) is 9.98. The van der Waals surface area contributed by atoms with Gasteiger partial charge in [0.1, 0.15) is 5.69 Å². The molecule has 0 saturated heterocycles. The van der Waals surface area contributed by atoms with E-state index in [1.165, 1.54) is 25.7 Å². The standard InChI is InChI=1S/C16H26BrN3O/c1-4-9-20-11-13(17)10-14(20)15(21)18-12-16(19(2)3)7-5-6-8-16/h10-11H,4-9,12H2,1-3H3,(H,18,21). The van der Waals surface area contributed by atoms with Crippen molar-refractivity contribution in [3.05, 3.63) is 22.4 Å². The molecule has 1 N–H and O–H groups in total. The lowest BCUT2D eigenvalue weighted by Crippen LogP contribution is -2.51. The van der Waals surface area contributed by atoms with Crippen molar-refractivity contribution in [3.63, 3.8) is 0 Å². The van der Waals surface area contributed by atoms with Crippen LogP contribution in [-0.2, 0) is 6.54 Å². The molecule has 1 fully saturated rings. The van der Waals surface area contributed by atoms with E-state index < -0.39 is 0 Å². The number of hydrogen-bond donors (Lipinski definition) is 1. The Balaban J connectivity index is 2.04. The van der Waals surface area contributed by atoms with Crippen LogP contribution in [0.1, 0.15) is 49.5 Å². The molecule has 21 heavy (non-hydrogen) atoms. The van der Waals surface area contributed by atoms with Crippen LogP contribution in [0.3, 0.4) is 0 Å². The Labute approximate surface area is 136 Å². The molecule has 1 saturated carbocycles. The van der Waals surface area contributed by atoms with Gasteiger partial charge in [0.25, 0.3) is 5.91 Å². The summed E-state index contributed by atoms with van der Waals surface area (Å²) in [4.78, 5) is 14.8. The van der Waals surface area contributed by atoms with Gasteiger partial charge in [-0.3, -0.25) is 4.79 Å². The molecule has 1 aromatic heterocycles. The Hall–Kier alpha value is -0.810. The van der Waals surface area contributed by atoms with Gasteiger partial charge in [0.05, 0.1) is 0 Å². The van der Waals surface area contributed by atoms with E-state index in [9.17, 15) is 4.79 Å². The van der Waals surface area contributed by atoms with Crippen LogP contribution >= 0.6 is 15.9 Å². The van der Waals surface area contributed by atoms with Crippen molar-refractivity contribution in [2.75, 3.05) is 20.6 Å². The van der Waals surface area contributed by atoms with Gasteiger partial charge >= 0.3 is 0 Å². The summed E-state index contributed by atoms with van der Waals surface area (Å²) in [5.41, 5.74) is 0.880. The quantitative estimate of drug-likeness (QED) is 0.850. The molecule has 0 unspecified atom stereocenters. The maximum Gasteiger partial charge on any atom is 0.268 e. The number of nitrogens with one attached hydrogen (secondary N) is 1. The second-order valence-corrected chi connectivity index (χ2v) is 7.16. The van der Waals surface area contributed by atoms with Crippen molar-refractivity contribution < 1.29 is 4.79 Å². The molecule has 1 aromatic rings. The summed E-state index contributed by atoms with van der Waals surface area (Å²) in [6, 6.07) is 1.90. The second-order valence-electron chi connectivity index (χ2n) is 6.25. The van der Waals surface area contributed by atoms with E-state index in [0.29, 0.717) is 0 Å². The van der Waals surface area contributed by atoms with E-state index in [-0.39, 0.29) is 11.4 Å². The molecule has 118 valence electrons. The predicted octanol–water partition coefficient (Wildman–Crippen LogP) is 3.26. The molecular formula is C16H26BrN3O. The zero-order chi connectivity index (χ0) is 15.5. The molecule has 0 aromatic carbocycles.